The maximum Gasteiger partial charge on any atom is 0.111 e. The van der Waals surface area contributed by atoms with E-state index < -0.39 is 37.1 Å². The molecule has 7 heteroatoms. The summed E-state index contributed by atoms with van der Waals surface area (Å²) in [6.45, 7) is 0.793. The third kappa shape index (κ3) is 3.46. The minimum atomic E-state index is -1.62. The SMILES string of the molecule is CC(NN)[C@H](O)[C@@H](O)[C@H](O)[C@H](O)CO. The second-order valence-corrected chi connectivity index (χ2v) is 3.18. The van der Waals surface area contributed by atoms with Crippen LogP contribution in [0.25, 0.3) is 0 Å². The molecule has 8 N–H and O–H groups in total. The molecule has 5 atom stereocenters. The molecule has 0 saturated carbocycles. The van der Waals surface area contributed by atoms with Gasteiger partial charge >= 0.3 is 0 Å². The summed E-state index contributed by atoms with van der Waals surface area (Å²) in [6, 6.07) is -0.648. The second kappa shape index (κ2) is 6.25. The van der Waals surface area contributed by atoms with Crippen molar-refractivity contribution in [3.05, 3.63) is 0 Å². The van der Waals surface area contributed by atoms with Crippen molar-refractivity contribution in [3.63, 3.8) is 0 Å². The predicted octanol–water partition coefficient (Wildman–Crippen LogP) is -3.73. The zero-order chi connectivity index (χ0) is 11.3. The van der Waals surface area contributed by atoms with Gasteiger partial charge in [-0.3, -0.25) is 11.3 Å². The molecule has 0 aromatic heterocycles. The van der Waals surface area contributed by atoms with Crippen molar-refractivity contribution in [1.29, 1.82) is 0 Å². The van der Waals surface area contributed by atoms with E-state index in [-0.39, 0.29) is 0 Å². The molecule has 0 radical (unpaired) electrons. The largest absolute Gasteiger partial charge is 0.394 e. The van der Waals surface area contributed by atoms with Crippen molar-refractivity contribution < 1.29 is 25.5 Å². The van der Waals surface area contributed by atoms with Gasteiger partial charge in [-0.1, -0.05) is 0 Å². The molecule has 0 amide bonds. The summed E-state index contributed by atoms with van der Waals surface area (Å²) >= 11 is 0. The third-order valence-electron chi connectivity index (χ3n) is 2.06. The first-order valence-electron chi connectivity index (χ1n) is 4.25. The van der Waals surface area contributed by atoms with Crippen LogP contribution in [0.2, 0.25) is 0 Å². The maximum atomic E-state index is 9.36. The summed E-state index contributed by atoms with van der Waals surface area (Å²) in [5, 5.41) is 45.4. The number of aliphatic hydroxyl groups excluding tert-OH is 5. The average Bonchev–Trinajstić information content (AvgIpc) is 2.23. The van der Waals surface area contributed by atoms with Crippen LogP contribution in [0, 0.1) is 0 Å². The topological polar surface area (TPSA) is 139 Å². The lowest BCUT2D eigenvalue weighted by molar-refractivity contribution is -0.120. The van der Waals surface area contributed by atoms with E-state index in [4.69, 9.17) is 16.1 Å². The molecule has 0 fully saturated rings. The van der Waals surface area contributed by atoms with Gasteiger partial charge in [0.25, 0.3) is 0 Å². The lowest BCUT2D eigenvalue weighted by Crippen LogP contribution is -2.54. The summed E-state index contributed by atoms with van der Waals surface area (Å²) in [6.07, 6.45) is -6.03. The van der Waals surface area contributed by atoms with E-state index in [0.717, 1.165) is 0 Å². The lowest BCUT2D eigenvalue weighted by atomic mass is 9.99. The Labute approximate surface area is 81.8 Å². The molecule has 0 aromatic rings. The van der Waals surface area contributed by atoms with Crippen molar-refractivity contribution in [2.24, 2.45) is 5.84 Å². The fraction of sp³-hybridized carbons (Fsp3) is 1.00. The van der Waals surface area contributed by atoms with Crippen LogP contribution in [-0.2, 0) is 0 Å². The molecule has 0 heterocycles. The number of nitrogens with two attached hydrogens (primary N) is 1. The van der Waals surface area contributed by atoms with Gasteiger partial charge in [-0.15, -0.1) is 0 Å². The Morgan fingerprint density at radius 2 is 1.57 bits per heavy atom. The molecule has 0 aromatic carbocycles. The van der Waals surface area contributed by atoms with E-state index in [1.165, 1.54) is 6.92 Å². The quantitative estimate of drug-likeness (QED) is 0.177. The van der Waals surface area contributed by atoms with Gasteiger partial charge in [0, 0.05) is 6.04 Å². The summed E-state index contributed by atoms with van der Waals surface area (Å²) in [7, 11) is 0. The number of nitrogens with one attached hydrogen (secondary N) is 1. The van der Waals surface area contributed by atoms with E-state index in [2.05, 4.69) is 5.43 Å². The fourth-order valence-electron chi connectivity index (χ4n) is 0.932. The predicted molar refractivity (Wildman–Crippen MR) is 47.9 cm³/mol. The highest BCUT2D eigenvalue weighted by Crippen LogP contribution is 2.07. The third-order valence-corrected chi connectivity index (χ3v) is 2.06. The van der Waals surface area contributed by atoms with Gasteiger partial charge in [-0.05, 0) is 6.92 Å². The molecule has 0 aliphatic carbocycles. The van der Waals surface area contributed by atoms with E-state index in [1.807, 2.05) is 0 Å². The number of hydrogen-bond donors (Lipinski definition) is 7. The van der Waals surface area contributed by atoms with Crippen molar-refractivity contribution >= 4 is 0 Å². The highest BCUT2D eigenvalue weighted by molar-refractivity contribution is 4.85. The number of aliphatic hydroxyl groups is 5. The van der Waals surface area contributed by atoms with E-state index in [1.54, 1.807) is 0 Å². The molecule has 86 valence electrons. The van der Waals surface area contributed by atoms with Gasteiger partial charge in [-0.25, -0.2) is 0 Å². The number of hydrazine groups is 1. The first-order chi connectivity index (χ1) is 6.45. The van der Waals surface area contributed by atoms with Crippen molar-refractivity contribution in [1.82, 2.24) is 5.43 Å². The summed E-state index contributed by atoms with van der Waals surface area (Å²) in [5.41, 5.74) is 2.19. The molecule has 7 nitrogen and oxygen atoms in total. The highest BCUT2D eigenvalue weighted by Gasteiger charge is 2.32. The normalized spacial score (nSPS) is 22.5. The van der Waals surface area contributed by atoms with Gasteiger partial charge in [0.1, 0.15) is 18.3 Å². The van der Waals surface area contributed by atoms with E-state index in [0.29, 0.717) is 0 Å². The molecule has 0 rings (SSSR count). The summed E-state index contributed by atoms with van der Waals surface area (Å²) in [5.74, 6) is 5.00. The van der Waals surface area contributed by atoms with Crippen molar-refractivity contribution in [2.45, 2.75) is 37.4 Å². The average molecular weight is 210 g/mol. The Morgan fingerprint density at radius 1 is 1.07 bits per heavy atom. The molecular weight excluding hydrogens is 192 g/mol. The van der Waals surface area contributed by atoms with Crippen LogP contribution in [0.15, 0.2) is 0 Å². The highest BCUT2D eigenvalue weighted by atomic mass is 16.4. The van der Waals surface area contributed by atoms with Crippen LogP contribution in [0.1, 0.15) is 6.92 Å². The Hall–Kier alpha value is -0.280. The van der Waals surface area contributed by atoms with Crippen LogP contribution in [-0.4, -0.2) is 62.6 Å². The summed E-state index contributed by atoms with van der Waals surface area (Å²) < 4.78 is 0. The van der Waals surface area contributed by atoms with Gasteiger partial charge < -0.3 is 25.5 Å². The molecule has 14 heavy (non-hydrogen) atoms. The van der Waals surface area contributed by atoms with Crippen molar-refractivity contribution in [3.8, 4) is 0 Å². The molecule has 1 unspecified atom stereocenters. The Kier molecular flexibility index (Phi) is 6.12. The van der Waals surface area contributed by atoms with E-state index >= 15 is 0 Å². The van der Waals surface area contributed by atoms with Crippen LogP contribution < -0.4 is 11.3 Å². The first kappa shape index (κ1) is 13.7. The maximum absolute atomic E-state index is 9.36. The van der Waals surface area contributed by atoms with Gasteiger partial charge in [0.05, 0.1) is 12.7 Å². The van der Waals surface area contributed by atoms with Gasteiger partial charge in [0.15, 0.2) is 0 Å². The Bertz CT molecular complexity index is 143. The zero-order valence-electron chi connectivity index (χ0n) is 7.91. The molecular formula is C7H18N2O5. The van der Waals surface area contributed by atoms with Crippen LogP contribution in [0.4, 0.5) is 0 Å². The van der Waals surface area contributed by atoms with Crippen LogP contribution in [0.3, 0.4) is 0 Å². The number of rotatable bonds is 6. The van der Waals surface area contributed by atoms with E-state index in [9.17, 15) is 15.3 Å². The van der Waals surface area contributed by atoms with Crippen LogP contribution in [0.5, 0.6) is 0 Å². The first-order valence-corrected chi connectivity index (χ1v) is 4.25. The fourth-order valence-corrected chi connectivity index (χ4v) is 0.932. The molecule has 0 spiro atoms. The molecule has 0 aliphatic heterocycles. The molecule has 0 saturated heterocycles. The smallest absolute Gasteiger partial charge is 0.111 e. The van der Waals surface area contributed by atoms with Crippen LogP contribution >= 0.6 is 0 Å². The minimum absolute atomic E-state index is 0.648. The zero-order valence-corrected chi connectivity index (χ0v) is 7.91. The lowest BCUT2D eigenvalue weighted by Gasteiger charge is -2.28. The Morgan fingerprint density at radius 3 is 1.93 bits per heavy atom. The molecule has 0 aliphatic rings. The Balaban J connectivity index is 4.22. The molecule has 0 bridgehead atoms. The summed E-state index contributed by atoms with van der Waals surface area (Å²) in [4.78, 5) is 0. The van der Waals surface area contributed by atoms with Crippen molar-refractivity contribution in [2.75, 3.05) is 6.61 Å². The standard InChI is InChI=1S/C7H18N2O5/c1-3(9-8)5(12)7(14)6(13)4(11)2-10/h3-7,9-14H,2,8H2,1H3/t3?,4-,5+,6-,7-/m1/s1. The van der Waals surface area contributed by atoms with Gasteiger partial charge in [-0.2, -0.15) is 0 Å². The van der Waals surface area contributed by atoms with Gasteiger partial charge in [0.2, 0.25) is 0 Å². The minimum Gasteiger partial charge on any atom is -0.394 e. The second-order valence-electron chi connectivity index (χ2n) is 3.18. The monoisotopic (exact) mass is 210 g/mol. The number of hydrogen-bond acceptors (Lipinski definition) is 7.